The highest BCUT2D eigenvalue weighted by molar-refractivity contribution is 7.11. The van der Waals surface area contributed by atoms with E-state index in [-0.39, 0.29) is 0 Å². The molecule has 1 atom stereocenters. The van der Waals surface area contributed by atoms with Gasteiger partial charge in [-0.3, -0.25) is 0 Å². The van der Waals surface area contributed by atoms with Crippen LogP contribution in [0.1, 0.15) is 47.8 Å². The molecule has 1 unspecified atom stereocenters. The van der Waals surface area contributed by atoms with Gasteiger partial charge < -0.3 is 5.32 Å². The number of aryl methyl sites for hydroxylation is 2. The molecule has 88 valence electrons. The molecule has 16 heavy (non-hydrogen) atoms. The van der Waals surface area contributed by atoms with Crippen molar-refractivity contribution in [2.75, 3.05) is 6.54 Å². The zero-order valence-corrected chi connectivity index (χ0v) is 10.9. The lowest BCUT2D eigenvalue weighted by Gasteiger charge is -2.22. The van der Waals surface area contributed by atoms with Crippen molar-refractivity contribution in [3.8, 4) is 0 Å². The SMILES string of the molecule is C/C=C/CCNC1CCCc2nc(C)sc21. The molecule has 1 aliphatic carbocycles. The van der Waals surface area contributed by atoms with E-state index in [9.17, 15) is 0 Å². The normalized spacial score (nSPS) is 20.2. The predicted octanol–water partition coefficient (Wildman–Crippen LogP) is 3.38. The summed E-state index contributed by atoms with van der Waals surface area (Å²) in [4.78, 5) is 6.10. The molecule has 0 aliphatic heterocycles. The number of thiazole rings is 1. The van der Waals surface area contributed by atoms with Gasteiger partial charge in [0.05, 0.1) is 10.7 Å². The molecular weight excluding hydrogens is 216 g/mol. The van der Waals surface area contributed by atoms with Gasteiger partial charge in [-0.25, -0.2) is 4.98 Å². The molecule has 0 bridgehead atoms. The number of fused-ring (bicyclic) bond motifs is 1. The fourth-order valence-corrected chi connectivity index (χ4v) is 3.33. The van der Waals surface area contributed by atoms with E-state index in [1.807, 2.05) is 11.3 Å². The van der Waals surface area contributed by atoms with Gasteiger partial charge in [0.15, 0.2) is 0 Å². The van der Waals surface area contributed by atoms with Gasteiger partial charge in [-0.05, 0) is 46.1 Å². The summed E-state index contributed by atoms with van der Waals surface area (Å²) < 4.78 is 0. The number of hydrogen-bond acceptors (Lipinski definition) is 3. The van der Waals surface area contributed by atoms with Crippen LogP contribution in [0.15, 0.2) is 12.2 Å². The van der Waals surface area contributed by atoms with Crippen LogP contribution in [0.4, 0.5) is 0 Å². The van der Waals surface area contributed by atoms with Crippen LogP contribution >= 0.6 is 11.3 Å². The fourth-order valence-electron chi connectivity index (χ4n) is 2.24. The molecular formula is C13H20N2S. The third-order valence-corrected chi connectivity index (χ3v) is 4.12. The molecule has 1 aliphatic rings. The summed E-state index contributed by atoms with van der Waals surface area (Å²) in [6, 6.07) is 0.556. The van der Waals surface area contributed by atoms with Crippen LogP contribution in [0.2, 0.25) is 0 Å². The summed E-state index contributed by atoms with van der Waals surface area (Å²) in [5, 5.41) is 4.86. The second-order valence-electron chi connectivity index (χ2n) is 4.30. The average molecular weight is 236 g/mol. The number of nitrogens with zero attached hydrogens (tertiary/aromatic N) is 1. The van der Waals surface area contributed by atoms with Gasteiger partial charge >= 0.3 is 0 Å². The Bertz CT molecular complexity index is 368. The first-order valence-electron chi connectivity index (χ1n) is 6.12. The van der Waals surface area contributed by atoms with E-state index in [0.717, 1.165) is 13.0 Å². The molecule has 1 aromatic rings. The number of hydrogen-bond donors (Lipinski definition) is 1. The van der Waals surface area contributed by atoms with Crippen molar-refractivity contribution >= 4 is 11.3 Å². The molecule has 0 spiro atoms. The van der Waals surface area contributed by atoms with Gasteiger partial charge in [-0.1, -0.05) is 12.2 Å². The van der Waals surface area contributed by atoms with Gasteiger partial charge in [-0.15, -0.1) is 11.3 Å². The fraction of sp³-hybridized carbons (Fsp3) is 0.615. The standard InChI is InChI=1S/C13H20N2S/c1-3-4-5-9-14-11-7-6-8-12-13(11)16-10(2)15-12/h3-4,11,14H,5-9H2,1-2H3/b4-3+. The molecule has 2 rings (SSSR count). The van der Waals surface area contributed by atoms with Crippen LogP contribution in [0, 0.1) is 6.92 Å². The van der Waals surface area contributed by atoms with Gasteiger partial charge in [0.25, 0.3) is 0 Å². The first kappa shape index (κ1) is 11.8. The number of allylic oxidation sites excluding steroid dienone is 1. The highest BCUT2D eigenvalue weighted by Gasteiger charge is 2.22. The van der Waals surface area contributed by atoms with Gasteiger partial charge in [0.1, 0.15) is 0 Å². The van der Waals surface area contributed by atoms with Gasteiger partial charge in [0.2, 0.25) is 0 Å². The monoisotopic (exact) mass is 236 g/mol. The van der Waals surface area contributed by atoms with Gasteiger partial charge in [0, 0.05) is 10.9 Å². The maximum absolute atomic E-state index is 4.61. The van der Waals surface area contributed by atoms with Crippen LogP contribution in [0.5, 0.6) is 0 Å². The minimum atomic E-state index is 0.556. The van der Waals surface area contributed by atoms with Crippen LogP contribution in [0.25, 0.3) is 0 Å². The zero-order chi connectivity index (χ0) is 11.4. The lowest BCUT2D eigenvalue weighted by Crippen LogP contribution is -2.24. The van der Waals surface area contributed by atoms with Crippen molar-refractivity contribution in [1.82, 2.24) is 10.3 Å². The van der Waals surface area contributed by atoms with E-state index >= 15 is 0 Å². The summed E-state index contributed by atoms with van der Waals surface area (Å²) in [5.74, 6) is 0. The maximum atomic E-state index is 4.61. The summed E-state index contributed by atoms with van der Waals surface area (Å²) >= 11 is 1.87. The first-order valence-corrected chi connectivity index (χ1v) is 6.93. The second-order valence-corrected chi connectivity index (χ2v) is 5.54. The topological polar surface area (TPSA) is 24.9 Å². The van der Waals surface area contributed by atoms with Crippen molar-refractivity contribution < 1.29 is 0 Å². The number of rotatable bonds is 4. The Morgan fingerprint density at radius 2 is 2.44 bits per heavy atom. The summed E-state index contributed by atoms with van der Waals surface area (Å²) in [7, 11) is 0. The van der Waals surface area contributed by atoms with Crippen molar-refractivity contribution in [3.63, 3.8) is 0 Å². The molecule has 0 aromatic carbocycles. The zero-order valence-electron chi connectivity index (χ0n) is 10.1. The van der Waals surface area contributed by atoms with Crippen molar-refractivity contribution in [2.45, 2.75) is 45.6 Å². The van der Waals surface area contributed by atoms with E-state index in [0.29, 0.717) is 6.04 Å². The Labute approximate surface area is 102 Å². The minimum Gasteiger partial charge on any atom is -0.309 e. The Kier molecular flexibility index (Phi) is 4.13. The molecule has 0 radical (unpaired) electrons. The van der Waals surface area contributed by atoms with Crippen molar-refractivity contribution in [3.05, 3.63) is 27.7 Å². The highest BCUT2D eigenvalue weighted by atomic mass is 32.1. The molecule has 3 heteroatoms. The largest absolute Gasteiger partial charge is 0.309 e. The quantitative estimate of drug-likeness (QED) is 0.640. The number of aromatic nitrogens is 1. The Hall–Kier alpha value is -0.670. The summed E-state index contributed by atoms with van der Waals surface area (Å²) in [6.45, 7) is 5.26. The predicted molar refractivity (Wildman–Crippen MR) is 70.0 cm³/mol. The summed E-state index contributed by atoms with van der Waals surface area (Å²) in [5.41, 5.74) is 1.34. The lowest BCUT2D eigenvalue weighted by atomic mass is 9.98. The van der Waals surface area contributed by atoms with E-state index < -0.39 is 0 Å². The third kappa shape index (κ3) is 2.71. The third-order valence-electron chi connectivity index (χ3n) is 2.99. The second kappa shape index (κ2) is 5.60. The smallest absolute Gasteiger partial charge is 0.0900 e. The molecule has 0 amide bonds. The Morgan fingerprint density at radius 1 is 1.56 bits per heavy atom. The van der Waals surface area contributed by atoms with E-state index in [1.165, 1.54) is 34.8 Å². The van der Waals surface area contributed by atoms with Crippen LogP contribution in [-0.4, -0.2) is 11.5 Å². The van der Waals surface area contributed by atoms with Crippen molar-refractivity contribution in [1.29, 1.82) is 0 Å². The van der Waals surface area contributed by atoms with Gasteiger partial charge in [-0.2, -0.15) is 0 Å². The lowest BCUT2D eigenvalue weighted by molar-refractivity contribution is 0.469. The summed E-state index contributed by atoms with van der Waals surface area (Å²) in [6.07, 6.45) is 9.17. The van der Waals surface area contributed by atoms with E-state index in [2.05, 4.69) is 36.3 Å². The first-order chi connectivity index (χ1) is 7.81. The molecule has 0 fully saturated rings. The molecule has 2 nitrogen and oxygen atoms in total. The Balaban J connectivity index is 1.96. The highest BCUT2D eigenvalue weighted by Crippen LogP contribution is 2.33. The van der Waals surface area contributed by atoms with Crippen molar-refractivity contribution in [2.24, 2.45) is 0 Å². The maximum Gasteiger partial charge on any atom is 0.0900 e. The molecule has 1 N–H and O–H groups in total. The van der Waals surface area contributed by atoms with Crippen LogP contribution in [-0.2, 0) is 6.42 Å². The average Bonchev–Trinajstić information content (AvgIpc) is 2.65. The number of nitrogens with one attached hydrogen (secondary N) is 1. The van der Waals surface area contributed by atoms with E-state index in [4.69, 9.17) is 0 Å². The van der Waals surface area contributed by atoms with Crippen LogP contribution < -0.4 is 5.32 Å². The molecule has 1 heterocycles. The molecule has 0 saturated heterocycles. The van der Waals surface area contributed by atoms with E-state index in [1.54, 1.807) is 0 Å². The minimum absolute atomic E-state index is 0.556. The molecule has 1 aromatic heterocycles. The Morgan fingerprint density at radius 3 is 3.25 bits per heavy atom. The van der Waals surface area contributed by atoms with Crippen LogP contribution in [0.3, 0.4) is 0 Å². The molecule has 0 saturated carbocycles.